The Morgan fingerprint density at radius 1 is 1.24 bits per heavy atom. The second kappa shape index (κ2) is 7.60. The molecule has 1 N–H and O–H groups in total. The van der Waals surface area contributed by atoms with Gasteiger partial charge in [-0.15, -0.1) is 0 Å². The Kier molecular flexibility index (Phi) is 5.80. The van der Waals surface area contributed by atoms with E-state index in [4.69, 9.17) is 0 Å². The van der Waals surface area contributed by atoms with Crippen LogP contribution in [0, 0.1) is 0 Å². The minimum absolute atomic E-state index is 0.165. The largest absolute Gasteiger partial charge is 0.315 e. The number of para-hydroxylation sites is 1. The first-order valence-electron chi connectivity index (χ1n) is 8.28. The topological polar surface area (TPSA) is 32.3 Å². The van der Waals surface area contributed by atoms with Crippen LogP contribution in [0.25, 0.3) is 0 Å². The summed E-state index contributed by atoms with van der Waals surface area (Å²) in [6.45, 7) is 4.46. The van der Waals surface area contributed by atoms with Crippen molar-refractivity contribution >= 4 is 11.6 Å². The van der Waals surface area contributed by atoms with Crippen molar-refractivity contribution in [2.45, 2.75) is 64.5 Å². The molecule has 116 valence electrons. The van der Waals surface area contributed by atoms with Crippen LogP contribution in [0.5, 0.6) is 0 Å². The molecule has 2 atom stereocenters. The summed E-state index contributed by atoms with van der Waals surface area (Å²) in [5, 5.41) is 3.75. The summed E-state index contributed by atoms with van der Waals surface area (Å²) >= 11 is 0. The Labute approximate surface area is 128 Å². The van der Waals surface area contributed by atoms with Gasteiger partial charge >= 0.3 is 0 Å². The van der Waals surface area contributed by atoms with E-state index < -0.39 is 0 Å². The predicted octanol–water partition coefficient (Wildman–Crippen LogP) is 4.04. The van der Waals surface area contributed by atoms with E-state index in [1.54, 1.807) is 4.90 Å². The molecule has 21 heavy (non-hydrogen) atoms. The normalized spacial score (nSPS) is 19.5. The van der Waals surface area contributed by atoms with E-state index >= 15 is 0 Å². The van der Waals surface area contributed by atoms with E-state index in [1.807, 2.05) is 19.2 Å². The molecule has 3 heteroatoms. The zero-order chi connectivity index (χ0) is 15.2. The van der Waals surface area contributed by atoms with Crippen LogP contribution in [-0.2, 0) is 4.79 Å². The third-order valence-electron chi connectivity index (χ3n) is 4.41. The van der Waals surface area contributed by atoms with Crippen molar-refractivity contribution in [3.05, 3.63) is 29.8 Å². The molecule has 0 spiro atoms. The van der Waals surface area contributed by atoms with Crippen LogP contribution in [-0.4, -0.2) is 19.0 Å². The standard InChI is InChI=1S/C18H28N2O/c1-4-6-10-14(9-5-2)19-16-13-18(21)20(3)17-12-8-7-11-15(16)17/h7-8,11-12,14,16,19H,4-6,9-10,13H2,1-3H3. The second-order valence-corrected chi connectivity index (χ2v) is 6.06. The monoisotopic (exact) mass is 288 g/mol. The van der Waals surface area contributed by atoms with Crippen LogP contribution in [0.3, 0.4) is 0 Å². The molecule has 0 aromatic heterocycles. The Balaban J connectivity index is 2.15. The zero-order valence-electron chi connectivity index (χ0n) is 13.6. The maximum atomic E-state index is 12.2. The summed E-state index contributed by atoms with van der Waals surface area (Å²) in [5.41, 5.74) is 2.31. The lowest BCUT2D eigenvalue weighted by molar-refractivity contribution is -0.119. The maximum absolute atomic E-state index is 12.2. The van der Waals surface area contributed by atoms with Crippen molar-refractivity contribution in [2.75, 3.05) is 11.9 Å². The highest BCUT2D eigenvalue weighted by molar-refractivity contribution is 5.96. The fourth-order valence-corrected chi connectivity index (χ4v) is 3.19. The Bertz CT molecular complexity index is 472. The van der Waals surface area contributed by atoms with Gasteiger partial charge in [-0.05, 0) is 24.5 Å². The molecule has 0 bridgehead atoms. The fraction of sp³-hybridized carbons (Fsp3) is 0.611. The molecule has 3 nitrogen and oxygen atoms in total. The number of anilines is 1. The predicted molar refractivity (Wildman–Crippen MR) is 88.6 cm³/mol. The van der Waals surface area contributed by atoms with E-state index in [1.165, 1.54) is 37.7 Å². The molecule has 1 heterocycles. The summed E-state index contributed by atoms with van der Waals surface area (Å²) in [5.74, 6) is 0.205. The van der Waals surface area contributed by atoms with E-state index in [0.29, 0.717) is 12.5 Å². The minimum Gasteiger partial charge on any atom is -0.315 e. The number of benzene rings is 1. The van der Waals surface area contributed by atoms with E-state index in [2.05, 4.69) is 31.3 Å². The third kappa shape index (κ3) is 3.85. The summed E-state index contributed by atoms with van der Waals surface area (Å²) in [6, 6.07) is 8.95. The van der Waals surface area contributed by atoms with Crippen molar-refractivity contribution < 1.29 is 4.79 Å². The van der Waals surface area contributed by atoms with Gasteiger partial charge in [0.05, 0.1) is 0 Å². The molecule has 1 aromatic carbocycles. The van der Waals surface area contributed by atoms with Gasteiger partial charge in [-0.2, -0.15) is 0 Å². The first-order chi connectivity index (χ1) is 10.2. The molecular formula is C18H28N2O. The molecule has 0 fully saturated rings. The minimum atomic E-state index is 0.165. The quantitative estimate of drug-likeness (QED) is 0.821. The maximum Gasteiger partial charge on any atom is 0.228 e. The molecule has 1 aliphatic rings. The Morgan fingerprint density at radius 2 is 2.00 bits per heavy atom. The SMILES string of the molecule is CCCCC(CCC)NC1CC(=O)N(C)c2ccccc21. The van der Waals surface area contributed by atoms with Crippen molar-refractivity contribution in [1.82, 2.24) is 5.32 Å². The lowest BCUT2D eigenvalue weighted by Gasteiger charge is -2.34. The van der Waals surface area contributed by atoms with Gasteiger partial charge in [0.15, 0.2) is 0 Å². The molecule has 1 aromatic rings. The van der Waals surface area contributed by atoms with Crippen LogP contribution in [0.15, 0.2) is 24.3 Å². The molecule has 1 aliphatic heterocycles. The third-order valence-corrected chi connectivity index (χ3v) is 4.41. The average molecular weight is 288 g/mol. The number of unbranched alkanes of at least 4 members (excludes halogenated alkanes) is 1. The Morgan fingerprint density at radius 3 is 2.71 bits per heavy atom. The number of amides is 1. The van der Waals surface area contributed by atoms with Crippen LogP contribution in [0.4, 0.5) is 5.69 Å². The summed E-state index contributed by atoms with van der Waals surface area (Å²) in [4.78, 5) is 14.0. The first-order valence-corrected chi connectivity index (χ1v) is 8.28. The molecule has 1 amide bonds. The molecule has 0 radical (unpaired) electrons. The van der Waals surface area contributed by atoms with Crippen LogP contribution < -0.4 is 10.2 Å². The Hall–Kier alpha value is -1.35. The molecule has 2 rings (SSSR count). The second-order valence-electron chi connectivity index (χ2n) is 6.06. The summed E-state index contributed by atoms with van der Waals surface area (Å²) in [6.07, 6.45) is 6.61. The van der Waals surface area contributed by atoms with Gasteiger partial charge in [-0.3, -0.25) is 4.79 Å². The fourth-order valence-electron chi connectivity index (χ4n) is 3.19. The number of hydrogen-bond donors (Lipinski definition) is 1. The van der Waals surface area contributed by atoms with Gasteiger partial charge in [0.1, 0.15) is 0 Å². The average Bonchev–Trinajstić information content (AvgIpc) is 2.50. The van der Waals surface area contributed by atoms with Gasteiger partial charge in [0.25, 0.3) is 0 Å². The number of carbonyl (C=O) groups is 1. The van der Waals surface area contributed by atoms with Gasteiger partial charge in [-0.25, -0.2) is 0 Å². The van der Waals surface area contributed by atoms with Gasteiger partial charge in [0.2, 0.25) is 5.91 Å². The van der Waals surface area contributed by atoms with E-state index in [0.717, 1.165) is 5.69 Å². The molecule has 0 saturated carbocycles. The molecule has 0 aliphatic carbocycles. The number of hydrogen-bond acceptors (Lipinski definition) is 2. The molecule has 0 saturated heterocycles. The van der Waals surface area contributed by atoms with E-state index in [9.17, 15) is 4.79 Å². The van der Waals surface area contributed by atoms with Crippen molar-refractivity contribution in [1.29, 1.82) is 0 Å². The lowest BCUT2D eigenvalue weighted by atomic mass is 9.94. The van der Waals surface area contributed by atoms with E-state index in [-0.39, 0.29) is 11.9 Å². The number of nitrogens with zero attached hydrogens (tertiary/aromatic N) is 1. The van der Waals surface area contributed by atoms with Crippen molar-refractivity contribution in [3.8, 4) is 0 Å². The van der Waals surface area contributed by atoms with Gasteiger partial charge in [-0.1, -0.05) is 51.3 Å². The van der Waals surface area contributed by atoms with Crippen molar-refractivity contribution in [3.63, 3.8) is 0 Å². The smallest absolute Gasteiger partial charge is 0.228 e. The van der Waals surface area contributed by atoms with Crippen molar-refractivity contribution in [2.24, 2.45) is 0 Å². The summed E-state index contributed by atoms with van der Waals surface area (Å²) in [7, 11) is 1.87. The van der Waals surface area contributed by atoms with Crippen LogP contribution in [0.1, 0.15) is 64.0 Å². The molecular weight excluding hydrogens is 260 g/mol. The first kappa shape index (κ1) is 16.0. The lowest BCUT2D eigenvalue weighted by Crippen LogP contribution is -2.41. The van der Waals surface area contributed by atoms with Gasteiger partial charge < -0.3 is 10.2 Å². The zero-order valence-corrected chi connectivity index (χ0v) is 13.6. The van der Waals surface area contributed by atoms with Crippen LogP contribution >= 0.6 is 0 Å². The summed E-state index contributed by atoms with van der Waals surface area (Å²) < 4.78 is 0. The highest BCUT2D eigenvalue weighted by Crippen LogP contribution is 2.34. The highest BCUT2D eigenvalue weighted by atomic mass is 16.2. The number of fused-ring (bicyclic) bond motifs is 1. The van der Waals surface area contributed by atoms with Crippen LogP contribution in [0.2, 0.25) is 0 Å². The number of nitrogens with one attached hydrogen (secondary N) is 1. The number of rotatable bonds is 7. The number of carbonyl (C=O) groups excluding carboxylic acids is 1. The van der Waals surface area contributed by atoms with Gasteiger partial charge in [0, 0.05) is 31.2 Å². The molecule has 2 unspecified atom stereocenters. The highest BCUT2D eigenvalue weighted by Gasteiger charge is 2.29.